The SMILES string of the molecule is N#Cc1ccc(OCc2ccc(C=Cc3cccc(C(=O)O)c3-c3ccc4cc[nH]c4c3)cc2)cc1. The van der Waals surface area contributed by atoms with Gasteiger partial charge >= 0.3 is 5.97 Å². The summed E-state index contributed by atoms with van der Waals surface area (Å²) in [5.74, 6) is -0.250. The molecule has 174 valence electrons. The van der Waals surface area contributed by atoms with Gasteiger partial charge in [-0.05, 0) is 70.1 Å². The van der Waals surface area contributed by atoms with Gasteiger partial charge in [-0.1, -0.05) is 60.7 Å². The van der Waals surface area contributed by atoms with Crippen molar-refractivity contribution < 1.29 is 14.6 Å². The van der Waals surface area contributed by atoms with E-state index in [4.69, 9.17) is 10.00 Å². The molecule has 0 fully saturated rings. The van der Waals surface area contributed by atoms with E-state index in [1.54, 1.807) is 36.4 Å². The average molecular weight is 471 g/mol. The fourth-order valence-electron chi connectivity index (χ4n) is 4.12. The molecule has 1 aromatic heterocycles. The Bertz CT molecular complexity index is 1610. The van der Waals surface area contributed by atoms with Gasteiger partial charge in [-0.15, -0.1) is 0 Å². The molecule has 0 aliphatic rings. The van der Waals surface area contributed by atoms with E-state index >= 15 is 0 Å². The van der Waals surface area contributed by atoms with E-state index in [1.165, 1.54) is 0 Å². The van der Waals surface area contributed by atoms with Crippen LogP contribution in [0, 0.1) is 11.3 Å². The highest BCUT2D eigenvalue weighted by molar-refractivity contribution is 6.00. The Labute approximate surface area is 208 Å². The number of carboxylic acids is 1. The van der Waals surface area contributed by atoms with Crippen LogP contribution in [-0.2, 0) is 6.61 Å². The van der Waals surface area contributed by atoms with E-state index in [9.17, 15) is 9.90 Å². The minimum absolute atomic E-state index is 0.262. The van der Waals surface area contributed by atoms with Crippen LogP contribution in [0.3, 0.4) is 0 Å². The van der Waals surface area contributed by atoms with Crippen molar-refractivity contribution in [3.63, 3.8) is 0 Å². The average Bonchev–Trinajstić information content (AvgIpc) is 3.39. The summed E-state index contributed by atoms with van der Waals surface area (Å²) >= 11 is 0. The number of carboxylic acid groups (broad SMARTS) is 1. The predicted octanol–water partition coefficient (Wildman–Crippen LogP) is 7.15. The first-order valence-corrected chi connectivity index (χ1v) is 11.4. The number of H-pyrrole nitrogens is 1. The molecule has 0 radical (unpaired) electrons. The molecule has 0 spiro atoms. The minimum Gasteiger partial charge on any atom is -0.489 e. The Morgan fingerprint density at radius 3 is 2.50 bits per heavy atom. The Morgan fingerprint density at radius 2 is 1.75 bits per heavy atom. The molecule has 5 rings (SSSR count). The number of rotatable bonds is 7. The number of hydrogen-bond donors (Lipinski definition) is 2. The zero-order valence-corrected chi connectivity index (χ0v) is 19.3. The number of aromatic nitrogens is 1. The number of nitrogens with zero attached hydrogens (tertiary/aromatic N) is 1. The lowest BCUT2D eigenvalue weighted by Gasteiger charge is -2.11. The number of fused-ring (bicyclic) bond motifs is 1. The van der Waals surface area contributed by atoms with E-state index in [0.29, 0.717) is 23.5 Å². The van der Waals surface area contributed by atoms with E-state index in [0.717, 1.165) is 33.2 Å². The lowest BCUT2D eigenvalue weighted by molar-refractivity contribution is 0.0697. The zero-order valence-electron chi connectivity index (χ0n) is 19.3. The van der Waals surface area contributed by atoms with Crippen molar-refractivity contribution in [2.24, 2.45) is 0 Å². The van der Waals surface area contributed by atoms with Crippen LogP contribution in [0.15, 0.2) is 97.2 Å². The summed E-state index contributed by atoms with van der Waals surface area (Å²) in [4.78, 5) is 15.2. The fourth-order valence-corrected chi connectivity index (χ4v) is 4.12. The molecule has 0 atom stereocenters. The molecule has 0 aliphatic carbocycles. The van der Waals surface area contributed by atoms with Crippen LogP contribution < -0.4 is 4.74 Å². The van der Waals surface area contributed by atoms with Gasteiger partial charge in [-0.25, -0.2) is 4.79 Å². The maximum absolute atomic E-state index is 12.0. The molecule has 0 bridgehead atoms. The smallest absolute Gasteiger partial charge is 0.336 e. The van der Waals surface area contributed by atoms with Gasteiger partial charge in [0.1, 0.15) is 12.4 Å². The van der Waals surface area contributed by atoms with Gasteiger partial charge in [0.2, 0.25) is 0 Å². The molecule has 0 amide bonds. The molecule has 5 nitrogen and oxygen atoms in total. The van der Waals surface area contributed by atoms with E-state index < -0.39 is 5.97 Å². The second kappa shape index (κ2) is 10.0. The van der Waals surface area contributed by atoms with E-state index in [-0.39, 0.29) is 5.56 Å². The molecular formula is C31H22N2O3. The first kappa shape index (κ1) is 22.7. The van der Waals surface area contributed by atoms with Gasteiger partial charge < -0.3 is 14.8 Å². The molecule has 2 N–H and O–H groups in total. The maximum atomic E-state index is 12.0. The van der Waals surface area contributed by atoms with Crippen LogP contribution in [0.25, 0.3) is 34.2 Å². The van der Waals surface area contributed by atoms with Gasteiger partial charge in [0, 0.05) is 17.3 Å². The highest BCUT2D eigenvalue weighted by Crippen LogP contribution is 2.31. The predicted molar refractivity (Wildman–Crippen MR) is 142 cm³/mol. The lowest BCUT2D eigenvalue weighted by atomic mass is 9.93. The van der Waals surface area contributed by atoms with E-state index in [2.05, 4.69) is 11.1 Å². The van der Waals surface area contributed by atoms with Crippen LogP contribution in [0.4, 0.5) is 0 Å². The van der Waals surface area contributed by atoms with Crippen LogP contribution in [0.1, 0.15) is 32.6 Å². The number of hydrogen-bond acceptors (Lipinski definition) is 3. The monoisotopic (exact) mass is 470 g/mol. The number of benzene rings is 4. The zero-order chi connectivity index (χ0) is 24.9. The largest absolute Gasteiger partial charge is 0.489 e. The molecule has 5 aromatic rings. The van der Waals surface area contributed by atoms with Crippen LogP contribution >= 0.6 is 0 Å². The van der Waals surface area contributed by atoms with Crippen molar-refractivity contribution in [2.45, 2.75) is 6.61 Å². The summed E-state index contributed by atoms with van der Waals surface area (Å²) in [6.45, 7) is 0.419. The van der Waals surface area contributed by atoms with Crippen molar-refractivity contribution in [3.8, 4) is 22.9 Å². The van der Waals surface area contributed by atoms with Crippen LogP contribution in [0.2, 0.25) is 0 Å². The van der Waals surface area contributed by atoms with Crippen molar-refractivity contribution in [1.29, 1.82) is 5.26 Å². The number of nitrogens with one attached hydrogen (secondary N) is 1. The third kappa shape index (κ3) is 4.89. The molecular weight excluding hydrogens is 448 g/mol. The lowest BCUT2D eigenvalue weighted by Crippen LogP contribution is -2.01. The van der Waals surface area contributed by atoms with Gasteiger partial charge in [0.25, 0.3) is 0 Å². The summed E-state index contributed by atoms with van der Waals surface area (Å²) in [6.07, 6.45) is 5.79. The third-order valence-corrected chi connectivity index (χ3v) is 5.99. The van der Waals surface area contributed by atoms with Gasteiger partial charge in [-0.3, -0.25) is 0 Å². The number of carbonyl (C=O) groups is 1. The standard InChI is InChI=1S/C31H22N2O3/c32-19-22-9-14-27(15-10-22)36-20-23-6-4-21(5-7-23)8-11-25-2-1-3-28(31(34)35)30(25)26-13-12-24-16-17-33-29(24)18-26/h1-18,33H,20H2,(H,34,35). The maximum Gasteiger partial charge on any atom is 0.336 e. The Kier molecular flexibility index (Phi) is 6.33. The number of aromatic carboxylic acids is 1. The Morgan fingerprint density at radius 1 is 0.944 bits per heavy atom. The molecule has 5 heteroatoms. The molecule has 1 heterocycles. The first-order chi connectivity index (χ1) is 17.6. The van der Waals surface area contributed by atoms with Crippen molar-refractivity contribution >= 4 is 29.0 Å². The number of nitriles is 1. The van der Waals surface area contributed by atoms with Crippen molar-refractivity contribution in [3.05, 3.63) is 125 Å². The topological polar surface area (TPSA) is 86.1 Å². The van der Waals surface area contributed by atoms with Crippen molar-refractivity contribution in [1.82, 2.24) is 4.98 Å². The van der Waals surface area contributed by atoms with Crippen LogP contribution in [0.5, 0.6) is 5.75 Å². The normalized spacial score (nSPS) is 11.0. The molecule has 0 saturated carbocycles. The molecule has 0 aliphatic heterocycles. The summed E-state index contributed by atoms with van der Waals surface area (Å²) < 4.78 is 5.80. The highest BCUT2D eigenvalue weighted by atomic mass is 16.5. The van der Waals surface area contributed by atoms with Gasteiger partial charge in [0.05, 0.1) is 17.2 Å². The van der Waals surface area contributed by atoms with Crippen LogP contribution in [-0.4, -0.2) is 16.1 Å². The Balaban J connectivity index is 1.37. The second-order valence-corrected chi connectivity index (χ2v) is 8.35. The third-order valence-electron chi connectivity index (χ3n) is 5.99. The van der Waals surface area contributed by atoms with Gasteiger partial charge in [0.15, 0.2) is 0 Å². The summed E-state index contributed by atoms with van der Waals surface area (Å²) in [7, 11) is 0. The number of aromatic amines is 1. The molecule has 0 saturated heterocycles. The quantitative estimate of drug-likeness (QED) is 0.247. The molecule has 0 unspecified atom stereocenters. The Hall–Kier alpha value is -5.08. The minimum atomic E-state index is -0.960. The summed E-state index contributed by atoms with van der Waals surface area (Å²) in [5, 5.41) is 19.8. The number of ether oxygens (including phenoxy) is 1. The van der Waals surface area contributed by atoms with Gasteiger partial charge in [-0.2, -0.15) is 5.26 Å². The second-order valence-electron chi connectivity index (χ2n) is 8.35. The molecule has 4 aromatic carbocycles. The fraction of sp³-hybridized carbons (Fsp3) is 0.0323. The first-order valence-electron chi connectivity index (χ1n) is 11.4. The van der Waals surface area contributed by atoms with E-state index in [1.807, 2.05) is 72.9 Å². The summed E-state index contributed by atoms with van der Waals surface area (Å²) in [5.41, 5.74) is 6.19. The molecule has 36 heavy (non-hydrogen) atoms. The highest BCUT2D eigenvalue weighted by Gasteiger charge is 2.15. The summed E-state index contributed by atoms with van der Waals surface area (Å²) in [6, 6.07) is 30.4. The van der Waals surface area contributed by atoms with Crippen molar-refractivity contribution in [2.75, 3.05) is 0 Å².